The summed E-state index contributed by atoms with van der Waals surface area (Å²) in [7, 11) is -3.83. The van der Waals surface area contributed by atoms with Crippen LogP contribution in [-0.2, 0) is 14.6 Å². The SMILES string of the molecule is CCC1CC1(C(=O)O)S(=O)(=O)c1ccc(C)cc1C. The third-order valence-corrected chi connectivity index (χ3v) is 6.67. The Bertz CT molecular complexity index is 633. The second-order valence-electron chi connectivity index (χ2n) is 5.28. The summed E-state index contributed by atoms with van der Waals surface area (Å²) in [6.07, 6.45) is 0.783. The number of carboxylic acids is 1. The van der Waals surface area contributed by atoms with E-state index < -0.39 is 20.6 Å². The number of sulfone groups is 1. The molecule has 2 atom stereocenters. The molecule has 1 saturated carbocycles. The second kappa shape index (κ2) is 4.34. The van der Waals surface area contributed by atoms with Crippen LogP contribution in [0.5, 0.6) is 0 Å². The van der Waals surface area contributed by atoms with Gasteiger partial charge in [0.1, 0.15) is 0 Å². The van der Waals surface area contributed by atoms with Crippen LogP contribution in [0.1, 0.15) is 30.9 Å². The van der Waals surface area contributed by atoms with Gasteiger partial charge in [-0.15, -0.1) is 0 Å². The van der Waals surface area contributed by atoms with Crippen LogP contribution in [0, 0.1) is 19.8 Å². The maximum Gasteiger partial charge on any atom is 0.325 e. The van der Waals surface area contributed by atoms with E-state index in [4.69, 9.17) is 0 Å². The number of benzene rings is 1. The summed E-state index contributed by atoms with van der Waals surface area (Å²) < 4.78 is 23.7. The molecular weight excluding hydrogens is 264 g/mol. The van der Waals surface area contributed by atoms with E-state index in [1.165, 1.54) is 6.07 Å². The molecule has 2 rings (SSSR count). The molecule has 104 valence electrons. The highest BCUT2D eigenvalue weighted by atomic mass is 32.2. The van der Waals surface area contributed by atoms with E-state index in [0.29, 0.717) is 12.0 Å². The van der Waals surface area contributed by atoms with Crippen LogP contribution in [0.3, 0.4) is 0 Å². The number of hydrogen-bond acceptors (Lipinski definition) is 3. The van der Waals surface area contributed by atoms with Crippen molar-refractivity contribution in [3.8, 4) is 0 Å². The van der Waals surface area contributed by atoms with Gasteiger partial charge in [-0.2, -0.15) is 0 Å². The molecule has 1 aliphatic rings. The van der Waals surface area contributed by atoms with Gasteiger partial charge in [0.15, 0.2) is 14.6 Å². The molecule has 0 amide bonds. The Hall–Kier alpha value is -1.36. The topological polar surface area (TPSA) is 71.4 Å². The Morgan fingerprint density at radius 1 is 1.42 bits per heavy atom. The summed E-state index contributed by atoms with van der Waals surface area (Å²) in [5, 5.41) is 9.37. The Morgan fingerprint density at radius 2 is 2.05 bits per heavy atom. The zero-order chi connectivity index (χ0) is 14.4. The van der Waals surface area contributed by atoms with Crippen LogP contribution in [0.15, 0.2) is 23.1 Å². The fourth-order valence-electron chi connectivity index (χ4n) is 2.78. The summed E-state index contributed by atoms with van der Waals surface area (Å²) in [5.74, 6) is -1.50. The van der Waals surface area contributed by atoms with Gasteiger partial charge < -0.3 is 5.11 Å². The largest absolute Gasteiger partial charge is 0.480 e. The van der Waals surface area contributed by atoms with Crippen molar-refractivity contribution in [3.05, 3.63) is 29.3 Å². The lowest BCUT2D eigenvalue weighted by Gasteiger charge is -2.15. The molecule has 2 unspecified atom stereocenters. The van der Waals surface area contributed by atoms with E-state index in [-0.39, 0.29) is 17.2 Å². The number of aliphatic carboxylic acids is 1. The zero-order valence-electron chi connectivity index (χ0n) is 11.3. The summed E-state index contributed by atoms with van der Waals surface area (Å²) in [6.45, 7) is 5.41. The molecule has 0 spiro atoms. The first-order valence-corrected chi connectivity index (χ1v) is 7.81. The lowest BCUT2D eigenvalue weighted by molar-refractivity contribution is -0.137. The second-order valence-corrected chi connectivity index (χ2v) is 7.45. The molecule has 0 radical (unpaired) electrons. The molecule has 4 nitrogen and oxygen atoms in total. The van der Waals surface area contributed by atoms with Gasteiger partial charge in [-0.3, -0.25) is 4.79 Å². The van der Waals surface area contributed by atoms with Crippen molar-refractivity contribution in [2.45, 2.75) is 43.3 Å². The fourth-order valence-corrected chi connectivity index (χ4v) is 5.16. The van der Waals surface area contributed by atoms with E-state index in [0.717, 1.165) is 5.56 Å². The predicted octanol–water partition coefficient (Wildman–Crippen LogP) is 2.33. The van der Waals surface area contributed by atoms with Gasteiger partial charge in [-0.1, -0.05) is 31.0 Å². The Morgan fingerprint density at radius 3 is 2.47 bits per heavy atom. The summed E-state index contributed by atoms with van der Waals surface area (Å²) >= 11 is 0. The standard InChI is InChI=1S/C14H18O4S/c1-4-11-8-14(11,13(15)16)19(17,18)12-6-5-9(2)7-10(12)3/h5-7,11H,4,8H2,1-3H3,(H,15,16). The van der Waals surface area contributed by atoms with E-state index in [2.05, 4.69) is 0 Å². The van der Waals surface area contributed by atoms with Crippen molar-refractivity contribution >= 4 is 15.8 Å². The molecule has 0 saturated heterocycles. The van der Waals surface area contributed by atoms with Crippen LogP contribution in [0.2, 0.25) is 0 Å². The molecule has 1 aliphatic carbocycles. The first-order valence-electron chi connectivity index (χ1n) is 6.32. The summed E-state index contributed by atoms with van der Waals surface area (Å²) in [5.41, 5.74) is 1.58. The van der Waals surface area contributed by atoms with Crippen LogP contribution in [0.25, 0.3) is 0 Å². The third-order valence-electron chi connectivity index (χ3n) is 4.00. The van der Waals surface area contributed by atoms with Gasteiger partial charge in [0.2, 0.25) is 0 Å². The van der Waals surface area contributed by atoms with Gasteiger partial charge in [-0.05, 0) is 37.8 Å². The average molecular weight is 282 g/mol. The van der Waals surface area contributed by atoms with Crippen LogP contribution < -0.4 is 0 Å². The van der Waals surface area contributed by atoms with Crippen molar-refractivity contribution in [2.24, 2.45) is 5.92 Å². The van der Waals surface area contributed by atoms with Gasteiger partial charge in [-0.25, -0.2) is 8.42 Å². The number of carbonyl (C=O) groups is 1. The summed E-state index contributed by atoms with van der Waals surface area (Å²) in [4.78, 5) is 11.6. The number of hydrogen-bond donors (Lipinski definition) is 1. The molecule has 1 N–H and O–H groups in total. The first kappa shape index (κ1) is 14.1. The Kier molecular flexibility index (Phi) is 3.21. The molecule has 19 heavy (non-hydrogen) atoms. The average Bonchev–Trinajstić information content (AvgIpc) is 3.04. The molecule has 1 fully saturated rings. The molecule has 0 aliphatic heterocycles. The van der Waals surface area contributed by atoms with Crippen molar-refractivity contribution in [2.75, 3.05) is 0 Å². The predicted molar refractivity (Wildman–Crippen MR) is 71.9 cm³/mol. The van der Waals surface area contributed by atoms with E-state index in [1.807, 2.05) is 13.8 Å². The molecule has 1 aromatic rings. The highest BCUT2D eigenvalue weighted by molar-refractivity contribution is 7.94. The van der Waals surface area contributed by atoms with E-state index >= 15 is 0 Å². The molecule has 5 heteroatoms. The molecule has 0 aromatic heterocycles. The van der Waals surface area contributed by atoms with Crippen LogP contribution >= 0.6 is 0 Å². The number of aryl methyl sites for hydroxylation is 2. The van der Waals surface area contributed by atoms with Crippen molar-refractivity contribution in [1.29, 1.82) is 0 Å². The monoisotopic (exact) mass is 282 g/mol. The molecule has 1 aromatic carbocycles. The molecule has 0 bridgehead atoms. The quantitative estimate of drug-likeness (QED) is 0.920. The highest BCUT2D eigenvalue weighted by Crippen LogP contribution is 2.54. The highest BCUT2D eigenvalue weighted by Gasteiger charge is 2.69. The maximum atomic E-state index is 12.7. The zero-order valence-corrected chi connectivity index (χ0v) is 12.1. The molecule has 0 heterocycles. The minimum absolute atomic E-state index is 0.149. The van der Waals surface area contributed by atoms with Gasteiger partial charge in [0.25, 0.3) is 0 Å². The Balaban J connectivity index is 2.57. The van der Waals surface area contributed by atoms with Crippen molar-refractivity contribution in [3.63, 3.8) is 0 Å². The number of rotatable bonds is 4. The minimum atomic E-state index is -3.83. The normalized spacial score (nSPS) is 26.2. The van der Waals surface area contributed by atoms with Crippen molar-refractivity contribution in [1.82, 2.24) is 0 Å². The minimum Gasteiger partial charge on any atom is -0.480 e. The number of carboxylic acid groups (broad SMARTS) is 1. The van der Waals surface area contributed by atoms with E-state index in [9.17, 15) is 18.3 Å². The lowest BCUT2D eigenvalue weighted by atomic mass is 10.2. The summed E-state index contributed by atoms with van der Waals surface area (Å²) in [6, 6.07) is 5.00. The molecular formula is C14H18O4S. The fraction of sp³-hybridized carbons (Fsp3) is 0.500. The third kappa shape index (κ3) is 1.87. The first-order chi connectivity index (χ1) is 8.77. The van der Waals surface area contributed by atoms with Gasteiger partial charge in [0.05, 0.1) is 4.90 Å². The lowest BCUT2D eigenvalue weighted by Crippen LogP contribution is -2.35. The van der Waals surface area contributed by atoms with Crippen LogP contribution in [0.4, 0.5) is 0 Å². The Labute approximate surface area is 113 Å². The van der Waals surface area contributed by atoms with Gasteiger partial charge in [0, 0.05) is 0 Å². The maximum absolute atomic E-state index is 12.7. The van der Waals surface area contributed by atoms with Crippen molar-refractivity contribution < 1.29 is 18.3 Å². The van der Waals surface area contributed by atoms with Gasteiger partial charge >= 0.3 is 5.97 Å². The van der Waals surface area contributed by atoms with E-state index in [1.54, 1.807) is 19.1 Å². The van der Waals surface area contributed by atoms with Crippen LogP contribution in [-0.4, -0.2) is 24.2 Å². The smallest absolute Gasteiger partial charge is 0.325 e.